The average molecular weight is 306 g/mol. The van der Waals surface area contributed by atoms with Crippen LogP contribution < -0.4 is 0 Å². The lowest BCUT2D eigenvalue weighted by atomic mass is 9.87. The summed E-state index contributed by atoms with van der Waals surface area (Å²) in [7, 11) is 0. The molecule has 3 fully saturated rings. The van der Waals surface area contributed by atoms with Crippen molar-refractivity contribution in [1.82, 2.24) is 9.80 Å². The van der Waals surface area contributed by atoms with Crippen LogP contribution in [0, 0.1) is 11.3 Å². The van der Waals surface area contributed by atoms with Crippen LogP contribution in [0.3, 0.4) is 0 Å². The minimum atomic E-state index is 0.392. The Morgan fingerprint density at radius 3 is 2.95 bits per heavy atom. The van der Waals surface area contributed by atoms with Crippen molar-refractivity contribution in [3.8, 4) is 0 Å². The molecule has 3 heterocycles. The van der Waals surface area contributed by atoms with Crippen molar-refractivity contribution < 1.29 is 4.74 Å². The lowest BCUT2D eigenvalue weighted by Crippen LogP contribution is -2.41. The first-order valence-corrected chi connectivity index (χ1v) is 9.24. The van der Waals surface area contributed by atoms with E-state index in [1.165, 1.54) is 50.3 Å². The third-order valence-corrected chi connectivity index (χ3v) is 6.07. The van der Waals surface area contributed by atoms with Gasteiger partial charge in [-0.1, -0.05) is 6.07 Å². The summed E-state index contributed by atoms with van der Waals surface area (Å²) >= 11 is 1.88. The van der Waals surface area contributed by atoms with E-state index in [-0.39, 0.29) is 0 Å². The van der Waals surface area contributed by atoms with Crippen LogP contribution in [0.15, 0.2) is 17.5 Å². The largest absolute Gasteiger partial charge is 0.379 e. The Hall–Kier alpha value is -0.420. The van der Waals surface area contributed by atoms with E-state index < -0.39 is 0 Å². The maximum Gasteiger partial charge on any atom is 0.0593 e. The zero-order valence-electron chi connectivity index (χ0n) is 12.8. The van der Waals surface area contributed by atoms with E-state index >= 15 is 0 Å². The quantitative estimate of drug-likeness (QED) is 0.850. The molecular formula is C17H26N2OS. The van der Waals surface area contributed by atoms with Crippen LogP contribution in [0.1, 0.15) is 24.1 Å². The Kier molecular flexibility index (Phi) is 4.05. The van der Waals surface area contributed by atoms with Gasteiger partial charge in [0.2, 0.25) is 0 Å². The summed E-state index contributed by atoms with van der Waals surface area (Å²) < 4.78 is 5.98. The number of nitrogens with zero attached hydrogens (tertiary/aromatic N) is 2. The van der Waals surface area contributed by atoms with Gasteiger partial charge in [0, 0.05) is 43.0 Å². The van der Waals surface area contributed by atoms with Crippen LogP contribution in [0.4, 0.5) is 0 Å². The normalized spacial score (nSPS) is 31.8. The van der Waals surface area contributed by atoms with Gasteiger partial charge in [0.25, 0.3) is 0 Å². The molecule has 0 N–H and O–H groups in total. The van der Waals surface area contributed by atoms with Crippen molar-refractivity contribution in [2.75, 3.05) is 45.9 Å². The van der Waals surface area contributed by atoms with Crippen molar-refractivity contribution in [2.45, 2.75) is 25.8 Å². The molecule has 4 rings (SSSR count). The van der Waals surface area contributed by atoms with Gasteiger partial charge in [0.15, 0.2) is 0 Å². The van der Waals surface area contributed by atoms with Crippen LogP contribution in [0.5, 0.6) is 0 Å². The third kappa shape index (κ3) is 3.50. The zero-order valence-corrected chi connectivity index (χ0v) is 13.6. The molecule has 1 atom stereocenters. The molecule has 4 heteroatoms. The number of hydrogen-bond donors (Lipinski definition) is 0. The van der Waals surface area contributed by atoms with Gasteiger partial charge in [0.1, 0.15) is 0 Å². The lowest BCUT2D eigenvalue weighted by Gasteiger charge is -2.32. The Bertz CT molecular complexity index is 459. The molecule has 2 saturated heterocycles. The second-order valence-electron chi connectivity index (χ2n) is 7.27. The number of likely N-dealkylation sites (tertiary alicyclic amines) is 1. The molecule has 2 aliphatic heterocycles. The van der Waals surface area contributed by atoms with Crippen molar-refractivity contribution in [1.29, 1.82) is 0 Å². The summed E-state index contributed by atoms with van der Waals surface area (Å²) in [5.41, 5.74) is 0.392. The summed E-state index contributed by atoms with van der Waals surface area (Å²) in [4.78, 5) is 6.83. The molecule has 1 unspecified atom stereocenters. The van der Waals surface area contributed by atoms with Crippen LogP contribution in [0.2, 0.25) is 0 Å². The molecule has 1 spiro atoms. The molecule has 21 heavy (non-hydrogen) atoms. The standard InChI is InChI=1S/C17H26N2OS/c1-2-16(21-9-1)11-18-6-5-17(12-18)13-19(7-8-20-14-17)10-15-3-4-15/h1-2,9,15H,3-8,10-14H2. The fourth-order valence-electron chi connectivity index (χ4n) is 3.94. The smallest absolute Gasteiger partial charge is 0.0593 e. The minimum Gasteiger partial charge on any atom is -0.379 e. The molecule has 1 saturated carbocycles. The molecule has 0 amide bonds. The number of ether oxygens (including phenoxy) is 1. The van der Waals surface area contributed by atoms with Gasteiger partial charge < -0.3 is 9.64 Å². The molecule has 3 aliphatic rings. The summed E-state index contributed by atoms with van der Waals surface area (Å²) in [5, 5.41) is 2.19. The molecule has 1 aromatic rings. The van der Waals surface area contributed by atoms with Crippen molar-refractivity contribution in [2.24, 2.45) is 11.3 Å². The first-order chi connectivity index (χ1) is 10.3. The maximum atomic E-state index is 5.98. The second kappa shape index (κ2) is 5.99. The third-order valence-electron chi connectivity index (χ3n) is 5.21. The lowest BCUT2D eigenvalue weighted by molar-refractivity contribution is 0.0708. The summed E-state index contributed by atoms with van der Waals surface area (Å²) in [6, 6.07) is 4.43. The summed E-state index contributed by atoms with van der Waals surface area (Å²) in [5.74, 6) is 0.990. The van der Waals surface area contributed by atoms with E-state index in [9.17, 15) is 0 Å². The highest BCUT2D eigenvalue weighted by Gasteiger charge is 2.41. The van der Waals surface area contributed by atoms with E-state index in [2.05, 4.69) is 27.3 Å². The fourth-order valence-corrected chi connectivity index (χ4v) is 4.68. The molecule has 0 radical (unpaired) electrons. The summed E-state index contributed by atoms with van der Waals surface area (Å²) in [6.45, 7) is 9.19. The van der Waals surface area contributed by atoms with E-state index in [1.54, 1.807) is 0 Å². The molecule has 3 nitrogen and oxygen atoms in total. The first-order valence-electron chi connectivity index (χ1n) is 8.36. The molecular weight excluding hydrogens is 280 g/mol. The fraction of sp³-hybridized carbons (Fsp3) is 0.765. The van der Waals surface area contributed by atoms with Gasteiger partial charge in [-0.15, -0.1) is 11.3 Å². The summed E-state index contributed by atoms with van der Waals surface area (Å²) in [6.07, 6.45) is 4.21. The average Bonchev–Trinajstić information content (AvgIpc) is 3.04. The van der Waals surface area contributed by atoms with Crippen LogP contribution in [0.25, 0.3) is 0 Å². The Labute approximate surface area is 131 Å². The molecule has 116 valence electrons. The van der Waals surface area contributed by atoms with Crippen LogP contribution in [-0.4, -0.2) is 55.7 Å². The molecule has 0 aromatic carbocycles. The van der Waals surface area contributed by atoms with E-state index in [4.69, 9.17) is 4.74 Å². The molecule has 1 aromatic heterocycles. The van der Waals surface area contributed by atoms with E-state index in [0.29, 0.717) is 5.41 Å². The Morgan fingerprint density at radius 2 is 2.14 bits per heavy atom. The van der Waals surface area contributed by atoms with Gasteiger partial charge in [-0.05, 0) is 43.2 Å². The number of hydrogen-bond acceptors (Lipinski definition) is 4. The molecule has 1 aliphatic carbocycles. The van der Waals surface area contributed by atoms with Crippen LogP contribution in [-0.2, 0) is 11.3 Å². The van der Waals surface area contributed by atoms with Crippen LogP contribution >= 0.6 is 11.3 Å². The maximum absolute atomic E-state index is 5.98. The highest BCUT2D eigenvalue weighted by Crippen LogP contribution is 2.36. The van der Waals surface area contributed by atoms with Crippen molar-refractivity contribution in [3.63, 3.8) is 0 Å². The predicted molar refractivity (Wildman–Crippen MR) is 86.6 cm³/mol. The van der Waals surface area contributed by atoms with E-state index in [0.717, 1.165) is 32.2 Å². The number of thiophene rings is 1. The van der Waals surface area contributed by atoms with Gasteiger partial charge in [-0.3, -0.25) is 4.90 Å². The Morgan fingerprint density at radius 1 is 1.24 bits per heavy atom. The van der Waals surface area contributed by atoms with Gasteiger partial charge in [0.05, 0.1) is 13.2 Å². The molecule has 0 bridgehead atoms. The highest BCUT2D eigenvalue weighted by atomic mass is 32.1. The second-order valence-corrected chi connectivity index (χ2v) is 8.30. The van der Waals surface area contributed by atoms with Crippen molar-refractivity contribution in [3.05, 3.63) is 22.4 Å². The number of rotatable bonds is 4. The van der Waals surface area contributed by atoms with Gasteiger partial charge >= 0.3 is 0 Å². The SMILES string of the molecule is c1csc(CN2CCC3(COCCN(CC4CC4)C3)C2)c1. The van der Waals surface area contributed by atoms with Crippen molar-refractivity contribution >= 4 is 11.3 Å². The highest BCUT2D eigenvalue weighted by molar-refractivity contribution is 7.09. The minimum absolute atomic E-state index is 0.392. The van der Waals surface area contributed by atoms with E-state index in [1.807, 2.05) is 11.3 Å². The van der Waals surface area contributed by atoms with Gasteiger partial charge in [-0.2, -0.15) is 0 Å². The monoisotopic (exact) mass is 306 g/mol. The predicted octanol–water partition coefficient (Wildman–Crippen LogP) is 2.68. The van der Waals surface area contributed by atoms with Gasteiger partial charge in [-0.25, -0.2) is 0 Å². The Balaban J connectivity index is 1.38. The first kappa shape index (κ1) is 14.2. The topological polar surface area (TPSA) is 15.7 Å². The zero-order chi connectivity index (χ0) is 14.1.